The summed E-state index contributed by atoms with van der Waals surface area (Å²) in [6, 6.07) is 5.51. The smallest absolute Gasteiger partial charge is 0.250 e. The van der Waals surface area contributed by atoms with E-state index in [2.05, 4.69) is 15.2 Å². The van der Waals surface area contributed by atoms with Crippen molar-refractivity contribution in [2.45, 2.75) is 18.9 Å². The van der Waals surface area contributed by atoms with Crippen LogP contribution in [-0.2, 0) is 11.3 Å². The molecule has 9 heteroatoms. The van der Waals surface area contributed by atoms with Crippen molar-refractivity contribution in [3.63, 3.8) is 0 Å². The number of carbonyl (C=O) groups excluding carboxylic acids is 1. The molecule has 2 atom stereocenters. The molecule has 0 radical (unpaired) electrons. The van der Waals surface area contributed by atoms with Gasteiger partial charge in [-0.15, -0.1) is 11.3 Å². The Hall–Kier alpha value is -1.71. The van der Waals surface area contributed by atoms with Gasteiger partial charge >= 0.3 is 0 Å². The molecule has 2 unspecified atom stereocenters. The highest BCUT2D eigenvalue weighted by Crippen LogP contribution is 2.36. The van der Waals surface area contributed by atoms with Crippen LogP contribution in [0.15, 0.2) is 34.6 Å². The standard InChI is InChI=1S/C17H18N4O2S3/c22-14(19-16-18-4-5-25-16)10-26-17(24)20-7-11-6-12(9-20)13-2-1-3-15(23)21(13)8-11/h1-5,11-12H,6-10H2,(H,18,19,22). The number of amides is 1. The predicted molar refractivity (Wildman–Crippen MR) is 109 cm³/mol. The van der Waals surface area contributed by atoms with E-state index in [1.807, 2.05) is 22.1 Å². The Labute approximate surface area is 164 Å². The Morgan fingerprint density at radius 1 is 1.38 bits per heavy atom. The zero-order chi connectivity index (χ0) is 18.1. The molecule has 2 aliphatic heterocycles. The molecule has 4 rings (SSSR count). The van der Waals surface area contributed by atoms with Crippen LogP contribution in [-0.4, -0.2) is 43.5 Å². The first kappa shape index (κ1) is 17.7. The number of anilines is 1. The number of thiocarbonyl (C=S) groups is 1. The van der Waals surface area contributed by atoms with Crippen molar-refractivity contribution in [2.75, 3.05) is 24.2 Å². The van der Waals surface area contributed by atoms with Crippen LogP contribution < -0.4 is 10.9 Å². The summed E-state index contributed by atoms with van der Waals surface area (Å²) in [6.07, 6.45) is 2.76. The van der Waals surface area contributed by atoms with Crippen LogP contribution in [0.4, 0.5) is 5.13 Å². The summed E-state index contributed by atoms with van der Waals surface area (Å²) in [5.41, 5.74) is 1.19. The summed E-state index contributed by atoms with van der Waals surface area (Å²) < 4.78 is 2.66. The normalized spacial score (nSPS) is 21.2. The number of piperidine rings is 1. The lowest BCUT2D eigenvalue weighted by Gasteiger charge is -2.43. The molecule has 1 fully saturated rings. The maximum Gasteiger partial charge on any atom is 0.250 e. The molecule has 0 spiro atoms. The van der Waals surface area contributed by atoms with Crippen molar-refractivity contribution in [1.82, 2.24) is 14.5 Å². The number of pyridine rings is 1. The molecule has 2 bridgehead atoms. The number of likely N-dealkylation sites (tertiary alicyclic amines) is 1. The van der Waals surface area contributed by atoms with Crippen LogP contribution in [0, 0.1) is 5.92 Å². The van der Waals surface area contributed by atoms with E-state index in [9.17, 15) is 9.59 Å². The Bertz CT molecular complexity index is 880. The van der Waals surface area contributed by atoms with Crippen LogP contribution in [0.3, 0.4) is 0 Å². The zero-order valence-corrected chi connectivity index (χ0v) is 16.4. The van der Waals surface area contributed by atoms with E-state index in [1.165, 1.54) is 23.1 Å². The Morgan fingerprint density at radius 3 is 3.08 bits per heavy atom. The van der Waals surface area contributed by atoms with Gasteiger partial charge in [0, 0.05) is 48.9 Å². The summed E-state index contributed by atoms with van der Waals surface area (Å²) in [6.45, 7) is 2.40. The fraction of sp³-hybridized carbons (Fsp3) is 0.412. The molecule has 2 aliphatic rings. The Kier molecular flexibility index (Phi) is 5.10. The van der Waals surface area contributed by atoms with Gasteiger partial charge in [-0.1, -0.05) is 30.0 Å². The summed E-state index contributed by atoms with van der Waals surface area (Å²) in [7, 11) is 0. The number of nitrogens with one attached hydrogen (secondary N) is 1. The fourth-order valence-corrected chi connectivity index (χ4v) is 5.23. The highest BCUT2D eigenvalue weighted by Gasteiger charge is 2.35. The van der Waals surface area contributed by atoms with Gasteiger partial charge in [0.2, 0.25) is 5.91 Å². The molecule has 1 N–H and O–H groups in total. The van der Waals surface area contributed by atoms with Crippen LogP contribution in [0.1, 0.15) is 18.0 Å². The number of nitrogens with zero attached hydrogens (tertiary/aromatic N) is 3. The van der Waals surface area contributed by atoms with Gasteiger partial charge in [-0.2, -0.15) is 0 Å². The average molecular weight is 407 g/mol. The molecule has 1 saturated heterocycles. The first-order valence-electron chi connectivity index (χ1n) is 8.41. The predicted octanol–water partition coefficient (Wildman–Crippen LogP) is 2.38. The summed E-state index contributed by atoms with van der Waals surface area (Å²) in [5, 5.41) is 5.20. The highest BCUT2D eigenvalue weighted by molar-refractivity contribution is 8.23. The van der Waals surface area contributed by atoms with Gasteiger partial charge in [0.15, 0.2) is 5.13 Å². The molecule has 4 heterocycles. The van der Waals surface area contributed by atoms with Crippen molar-refractivity contribution in [1.29, 1.82) is 0 Å². The Morgan fingerprint density at radius 2 is 2.27 bits per heavy atom. The lowest BCUT2D eigenvalue weighted by atomic mass is 9.83. The molecule has 136 valence electrons. The zero-order valence-electron chi connectivity index (χ0n) is 14.0. The van der Waals surface area contributed by atoms with E-state index in [-0.39, 0.29) is 17.2 Å². The number of fused-ring (bicyclic) bond motifs is 4. The third-order valence-electron chi connectivity index (χ3n) is 4.74. The second kappa shape index (κ2) is 7.50. The molecular weight excluding hydrogens is 388 g/mol. The van der Waals surface area contributed by atoms with Crippen molar-refractivity contribution < 1.29 is 4.79 Å². The van der Waals surface area contributed by atoms with Crippen LogP contribution in [0.2, 0.25) is 0 Å². The van der Waals surface area contributed by atoms with Crippen molar-refractivity contribution >= 4 is 50.7 Å². The van der Waals surface area contributed by atoms with Crippen molar-refractivity contribution in [3.05, 3.63) is 45.8 Å². The molecule has 26 heavy (non-hydrogen) atoms. The van der Waals surface area contributed by atoms with E-state index < -0.39 is 0 Å². The molecular formula is C17H18N4O2S3. The van der Waals surface area contributed by atoms with Gasteiger partial charge in [0.25, 0.3) is 5.56 Å². The van der Waals surface area contributed by atoms with Gasteiger partial charge in [-0.3, -0.25) is 9.59 Å². The van der Waals surface area contributed by atoms with Gasteiger partial charge in [-0.05, 0) is 18.4 Å². The first-order valence-corrected chi connectivity index (χ1v) is 10.7. The van der Waals surface area contributed by atoms with Gasteiger partial charge < -0.3 is 14.8 Å². The minimum absolute atomic E-state index is 0.0847. The van der Waals surface area contributed by atoms with E-state index in [1.54, 1.807) is 12.3 Å². The first-order chi connectivity index (χ1) is 12.6. The second-order valence-electron chi connectivity index (χ2n) is 6.54. The summed E-state index contributed by atoms with van der Waals surface area (Å²) in [5.74, 6) is 0.921. The SMILES string of the molecule is O=C(CSC(=S)N1CC2CC(C1)c1cccc(=O)n1C2)Nc1nccs1. The molecule has 0 aromatic carbocycles. The maximum atomic E-state index is 12.1. The number of rotatable bonds is 3. The van der Waals surface area contributed by atoms with Crippen LogP contribution >= 0.6 is 35.3 Å². The topological polar surface area (TPSA) is 67.2 Å². The fourth-order valence-electron chi connectivity index (χ4n) is 3.70. The lowest BCUT2D eigenvalue weighted by molar-refractivity contribution is -0.113. The number of hydrogen-bond acceptors (Lipinski definition) is 6. The summed E-state index contributed by atoms with van der Waals surface area (Å²) in [4.78, 5) is 30.3. The average Bonchev–Trinajstić information content (AvgIpc) is 3.13. The number of thioether (sulfide) groups is 1. The third-order valence-corrected chi connectivity index (χ3v) is 6.96. The monoisotopic (exact) mass is 406 g/mol. The van der Waals surface area contributed by atoms with Crippen molar-refractivity contribution in [2.24, 2.45) is 5.92 Å². The lowest BCUT2D eigenvalue weighted by Crippen LogP contribution is -2.48. The molecule has 2 aromatic rings. The Balaban J connectivity index is 1.37. The minimum atomic E-state index is -0.0959. The number of thiazole rings is 1. The molecule has 0 saturated carbocycles. The molecule has 0 aliphatic carbocycles. The number of hydrogen-bond donors (Lipinski definition) is 1. The second-order valence-corrected chi connectivity index (χ2v) is 9.05. The maximum absolute atomic E-state index is 12.1. The van der Waals surface area contributed by atoms with Gasteiger partial charge in [0.05, 0.1) is 5.75 Å². The minimum Gasteiger partial charge on any atom is -0.356 e. The van der Waals surface area contributed by atoms with E-state index in [0.717, 1.165) is 36.1 Å². The van der Waals surface area contributed by atoms with Gasteiger partial charge in [-0.25, -0.2) is 4.98 Å². The number of carbonyl (C=O) groups is 1. The third kappa shape index (κ3) is 3.70. The van der Waals surface area contributed by atoms with E-state index >= 15 is 0 Å². The van der Waals surface area contributed by atoms with Crippen molar-refractivity contribution in [3.8, 4) is 0 Å². The van der Waals surface area contributed by atoms with Crippen LogP contribution in [0.25, 0.3) is 0 Å². The molecule has 6 nitrogen and oxygen atoms in total. The highest BCUT2D eigenvalue weighted by atomic mass is 32.2. The largest absolute Gasteiger partial charge is 0.356 e. The van der Waals surface area contributed by atoms with Gasteiger partial charge in [0.1, 0.15) is 4.32 Å². The number of aromatic nitrogens is 2. The summed E-state index contributed by atoms with van der Waals surface area (Å²) >= 11 is 8.36. The van der Waals surface area contributed by atoms with E-state index in [0.29, 0.717) is 17.0 Å². The molecule has 2 aromatic heterocycles. The quantitative estimate of drug-likeness (QED) is 0.790. The van der Waals surface area contributed by atoms with E-state index in [4.69, 9.17) is 12.2 Å². The van der Waals surface area contributed by atoms with Crippen LogP contribution in [0.5, 0.6) is 0 Å². The molecule has 1 amide bonds.